The van der Waals surface area contributed by atoms with Crippen molar-refractivity contribution in [1.82, 2.24) is 4.98 Å². The van der Waals surface area contributed by atoms with Gasteiger partial charge >= 0.3 is 0 Å². The Labute approximate surface area is 108 Å². The van der Waals surface area contributed by atoms with Gasteiger partial charge in [-0.15, -0.1) is 0 Å². The van der Waals surface area contributed by atoms with Crippen LogP contribution in [0.3, 0.4) is 0 Å². The maximum atomic E-state index is 5.76. The minimum Gasteiger partial charge on any atom is -0.481 e. The fourth-order valence-electron chi connectivity index (χ4n) is 1.29. The number of nitrogens with two attached hydrogens (primary N) is 1. The zero-order valence-electron chi connectivity index (χ0n) is 9.18. The molecule has 0 atom stereocenters. The number of aromatic nitrogens is 1. The fourth-order valence-corrected chi connectivity index (χ4v) is 1.63. The molecule has 2 aromatic rings. The second kappa shape index (κ2) is 5.05. The zero-order chi connectivity index (χ0) is 12.3. The summed E-state index contributed by atoms with van der Waals surface area (Å²) in [7, 11) is 1.56. The van der Waals surface area contributed by atoms with Crippen molar-refractivity contribution in [2.24, 2.45) is 0 Å². The molecule has 0 saturated carbocycles. The highest BCUT2D eigenvalue weighted by atomic mass is 79.9. The predicted octanol–water partition coefficient (Wildman–Crippen LogP) is 3.23. The summed E-state index contributed by atoms with van der Waals surface area (Å²) in [5.41, 5.74) is 6.37. The number of ether oxygens (including phenoxy) is 2. The van der Waals surface area contributed by atoms with Crippen molar-refractivity contribution in [2.45, 2.75) is 0 Å². The monoisotopic (exact) mass is 294 g/mol. The summed E-state index contributed by atoms with van der Waals surface area (Å²) in [6.45, 7) is 0. The summed E-state index contributed by atoms with van der Waals surface area (Å²) in [5.74, 6) is 1.57. The minimum absolute atomic E-state index is 0.454. The van der Waals surface area contributed by atoms with Crippen LogP contribution in [0.25, 0.3) is 0 Å². The molecule has 0 spiro atoms. The first-order valence-electron chi connectivity index (χ1n) is 4.93. The maximum Gasteiger partial charge on any atom is 0.222 e. The number of hydrogen-bond acceptors (Lipinski definition) is 4. The van der Waals surface area contributed by atoms with Crippen LogP contribution < -0.4 is 15.2 Å². The molecule has 0 aliphatic rings. The number of nitrogen functional groups attached to an aromatic ring is 1. The van der Waals surface area contributed by atoms with Crippen LogP contribution in [0.1, 0.15) is 0 Å². The van der Waals surface area contributed by atoms with Crippen molar-refractivity contribution in [2.75, 3.05) is 12.8 Å². The molecule has 5 heteroatoms. The minimum atomic E-state index is 0.454. The average molecular weight is 295 g/mol. The van der Waals surface area contributed by atoms with E-state index in [4.69, 9.17) is 15.2 Å². The van der Waals surface area contributed by atoms with Gasteiger partial charge in [0, 0.05) is 17.8 Å². The Morgan fingerprint density at radius 1 is 1.12 bits per heavy atom. The SMILES string of the molecule is COc1cccc(Oc2cccc(N)c2Br)n1. The molecule has 1 aromatic carbocycles. The van der Waals surface area contributed by atoms with Crippen molar-refractivity contribution in [3.63, 3.8) is 0 Å². The molecular formula is C12H11BrN2O2. The van der Waals surface area contributed by atoms with Crippen LogP contribution in [-0.2, 0) is 0 Å². The van der Waals surface area contributed by atoms with E-state index in [1.807, 2.05) is 12.1 Å². The van der Waals surface area contributed by atoms with Crippen molar-refractivity contribution in [3.05, 3.63) is 40.9 Å². The molecule has 0 unspecified atom stereocenters. The number of rotatable bonds is 3. The summed E-state index contributed by atoms with van der Waals surface area (Å²) < 4.78 is 11.3. The van der Waals surface area contributed by atoms with E-state index in [1.165, 1.54) is 0 Å². The summed E-state index contributed by atoms with van der Waals surface area (Å²) in [6, 6.07) is 10.7. The summed E-state index contributed by atoms with van der Waals surface area (Å²) >= 11 is 3.36. The molecule has 0 aliphatic heterocycles. The second-order valence-electron chi connectivity index (χ2n) is 3.28. The molecule has 0 bridgehead atoms. The first-order valence-corrected chi connectivity index (χ1v) is 5.73. The summed E-state index contributed by atoms with van der Waals surface area (Å²) in [5, 5.41) is 0. The normalized spacial score (nSPS) is 10.0. The number of nitrogens with zero attached hydrogens (tertiary/aromatic N) is 1. The molecule has 1 heterocycles. The Balaban J connectivity index is 2.28. The summed E-state index contributed by atoms with van der Waals surface area (Å²) in [4.78, 5) is 4.15. The Morgan fingerprint density at radius 2 is 1.82 bits per heavy atom. The third-order valence-corrected chi connectivity index (χ3v) is 2.96. The smallest absolute Gasteiger partial charge is 0.222 e. The molecular weight excluding hydrogens is 284 g/mol. The van der Waals surface area contributed by atoms with Crippen LogP contribution in [0, 0.1) is 0 Å². The first kappa shape index (κ1) is 11.7. The molecule has 0 radical (unpaired) electrons. The van der Waals surface area contributed by atoms with E-state index in [0.717, 1.165) is 0 Å². The van der Waals surface area contributed by atoms with Gasteiger partial charge in [-0.2, -0.15) is 4.98 Å². The van der Waals surface area contributed by atoms with E-state index in [2.05, 4.69) is 20.9 Å². The molecule has 1 aromatic heterocycles. The largest absolute Gasteiger partial charge is 0.481 e. The molecule has 88 valence electrons. The van der Waals surface area contributed by atoms with Gasteiger partial charge in [-0.3, -0.25) is 0 Å². The van der Waals surface area contributed by atoms with Crippen LogP contribution in [0.5, 0.6) is 17.5 Å². The lowest BCUT2D eigenvalue weighted by atomic mass is 10.3. The topological polar surface area (TPSA) is 57.4 Å². The Kier molecular flexibility index (Phi) is 3.49. The average Bonchev–Trinajstić information content (AvgIpc) is 2.35. The highest BCUT2D eigenvalue weighted by molar-refractivity contribution is 9.10. The predicted molar refractivity (Wildman–Crippen MR) is 69.4 cm³/mol. The van der Waals surface area contributed by atoms with Gasteiger partial charge in [-0.1, -0.05) is 12.1 Å². The van der Waals surface area contributed by atoms with Crippen LogP contribution in [0.15, 0.2) is 40.9 Å². The standard InChI is InChI=1S/C12H11BrN2O2/c1-16-10-6-3-7-11(15-10)17-9-5-2-4-8(14)12(9)13/h2-7H,14H2,1H3. The van der Waals surface area contributed by atoms with Crippen LogP contribution >= 0.6 is 15.9 Å². The molecule has 0 fully saturated rings. The number of hydrogen-bond donors (Lipinski definition) is 1. The van der Waals surface area contributed by atoms with Gasteiger partial charge in [0.05, 0.1) is 11.6 Å². The Bertz CT molecular complexity index is 532. The zero-order valence-corrected chi connectivity index (χ0v) is 10.8. The molecule has 4 nitrogen and oxygen atoms in total. The van der Waals surface area contributed by atoms with Gasteiger partial charge in [0.15, 0.2) is 0 Å². The van der Waals surface area contributed by atoms with E-state index in [9.17, 15) is 0 Å². The molecule has 17 heavy (non-hydrogen) atoms. The van der Waals surface area contributed by atoms with Crippen LogP contribution in [0.4, 0.5) is 5.69 Å². The van der Waals surface area contributed by atoms with E-state index >= 15 is 0 Å². The highest BCUT2D eigenvalue weighted by Crippen LogP contribution is 2.33. The molecule has 0 aliphatic carbocycles. The summed E-state index contributed by atoms with van der Waals surface area (Å²) in [6.07, 6.45) is 0. The lowest BCUT2D eigenvalue weighted by Gasteiger charge is -2.08. The quantitative estimate of drug-likeness (QED) is 0.883. The molecule has 0 amide bonds. The van der Waals surface area contributed by atoms with Crippen molar-refractivity contribution in [1.29, 1.82) is 0 Å². The van der Waals surface area contributed by atoms with E-state index < -0.39 is 0 Å². The maximum absolute atomic E-state index is 5.76. The van der Waals surface area contributed by atoms with Gasteiger partial charge in [-0.25, -0.2) is 0 Å². The van der Waals surface area contributed by atoms with Crippen LogP contribution in [-0.4, -0.2) is 12.1 Å². The number of pyridine rings is 1. The van der Waals surface area contributed by atoms with Gasteiger partial charge in [0.25, 0.3) is 0 Å². The van der Waals surface area contributed by atoms with E-state index in [1.54, 1.807) is 31.4 Å². The highest BCUT2D eigenvalue weighted by Gasteiger charge is 2.06. The number of halogens is 1. The van der Waals surface area contributed by atoms with E-state index in [0.29, 0.717) is 27.7 Å². The van der Waals surface area contributed by atoms with Gasteiger partial charge in [0.1, 0.15) is 5.75 Å². The lowest BCUT2D eigenvalue weighted by Crippen LogP contribution is -1.93. The molecule has 2 N–H and O–H groups in total. The lowest BCUT2D eigenvalue weighted by molar-refractivity contribution is 0.383. The molecule has 0 saturated heterocycles. The Hall–Kier alpha value is -1.75. The van der Waals surface area contributed by atoms with E-state index in [-0.39, 0.29) is 0 Å². The third kappa shape index (κ3) is 2.68. The third-order valence-electron chi connectivity index (χ3n) is 2.11. The van der Waals surface area contributed by atoms with Crippen molar-refractivity contribution < 1.29 is 9.47 Å². The van der Waals surface area contributed by atoms with Gasteiger partial charge < -0.3 is 15.2 Å². The number of benzene rings is 1. The van der Waals surface area contributed by atoms with Gasteiger partial charge in [0.2, 0.25) is 11.8 Å². The first-order chi connectivity index (χ1) is 8.20. The Morgan fingerprint density at radius 3 is 2.59 bits per heavy atom. The number of methoxy groups -OCH3 is 1. The fraction of sp³-hybridized carbons (Fsp3) is 0.0833. The van der Waals surface area contributed by atoms with Gasteiger partial charge in [-0.05, 0) is 28.1 Å². The second-order valence-corrected chi connectivity index (χ2v) is 4.07. The van der Waals surface area contributed by atoms with Crippen molar-refractivity contribution in [3.8, 4) is 17.5 Å². The van der Waals surface area contributed by atoms with Crippen molar-refractivity contribution >= 4 is 21.6 Å². The number of anilines is 1. The molecule has 2 rings (SSSR count). The van der Waals surface area contributed by atoms with Crippen LogP contribution in [0.2, 0.25) is 0 Å².